The third-order valence-corrected chi connectivity index (χ3v) is 4.96. The molecule has 0 unspecified atom stereocenters. The Morgan fingerprint density at radius 1 is 0.806 bits per heavy atom. The van der Waals surface area contributed by atoms with Crippen molar-refractivity contribution in [2.24, 2.45) is 0 Å². The van der Waals surface area contributed by atoms with Crippen molar-refractivity contribution >= 4 is 23.4 Å². The van der Waals surface area contributed by atoms with Crippen LogP contribution in [0.25, 0.3) is 0 Å². The van der Waals surface area contributed by atoms with Gasteiger partial charge in [-0.05, 0) is 30.2 Å². The van der Waals surface area contributed by atoms with E-state index >= 15 is 0 Å². The van der Waals surface area contributed by atoms with Gasteiger partial charge in [0.15, 0.2) is 11.6 Å². The molecule has 3 aromatic carbocycles. The minimum Gasteiger partial charge on any atom is -0.319 e. The van der Waals surface area contributed by atoms with Crippen LogP contribution in [0.15, 0.2) is 60.7 Å². The number of benzene rings is 3. The molecule has 8 heteroatoms. The zero-order valence-corrected chi connectivity index (χ0v) is 16.0. The number of halogens is 3. The van der Waals surface area contributed by atoms with E-state index in [1.54, 1.807) is 0 Å². The van der Waals surface area contributed by atoms with E-state index in [4.69, 9.17) is 0 Å². The first-order valence-corrected chi connectivity index (χ1v) is 9.35. The number of rotatable bonds is 5. The molecular formula is C23H15F3N2O3. The minimum atomic E-state index is -1.38. The average molecular weight is 424 g/mol. The Morgan fingerprint density at radius 3 is 2.23 bits per heavy atom. The van der Waals surface area contributed by atoms with Crippen LogP contribution in [-0.2, 0) is 6.42 Å². The van der Waals surface area contributed by atoms with Gasteiger partial charge in [-0.1, -0.05) is 30.3 Å². The molecule has 4 rings (SSSR count). The second-order valence-electron chi connectivity index (χ2n) is 6.96. The number of carbonyl (C=O) groups is 3. The Bertz CT molecular complexity index is 1210. The highest BCUT2D eigenvalue weighted by molar-refractivity contribution is 6.22. The Kier molecular flexibility index (Phi) is 5.29. The van der Waals surface area contributed by atoms with E-state index in [1.807, 2.05) is 30.3 Å². The molecule has 1 N–H and O–H groups in total. The lowest BCUT2D eigenvalue weighted by Gasteiger charge is -2.13. The number of nitrogens with one attached hydrogen (secondary N) is 1. The Morgan fingerprint density at radius 2 is 1.48 bits per heavy atom. The number of hydrogen-bond donors (Lipinski definition) is 1. The number of carbonyl (C=O) groups excluding carboxylic acids is 3. The summed E-state index contributed by atoms with van der Waals surface area (Å²) >= 11 is 0. The summed E-state index contributed by atoms with van der Waals surface area (Å²) in [5.74, 6) is -5.69. The normalized spacial score (nSPS) is 12.8. The summed E-state index contributed by atoms with van der Waals surface area (Å²) in [7, 11) is 0. The van der Waals surface area contributed by atoms with Gasteiger partial charge >= 0.3 is 0 Å². The van der Waals surface area contributed by atoms with Crippen molar-refractivity contribution in [2.75, 3.05) is 11.9 Å². The van der Waals surface area contributed by atoms with Gasteiger partial charge in [-0.2, -0.15) is 0 Å². The molecule has 0 saturated carbocycles. The molecule has 31 heavy (non-hydrogen) atoms. The standard InChI is InChI=1S/C23H15F3N2O3/c24-17-11-19(26)20(12-18(17)25)27-21(29)14-6-7-15-16(10-14)23(31)28(22(15)30)9-8-13-4-2-1-3-5-13/h1-7,10-12H,8-9H2,(H,27,29). The number of anilines is 1. The summed E-state index contributed by atoms with van der Waals surface area (Å²) in [6.45, 7) is 0.179. The molecule has 5 nitrogen and oxygen atoms in total. The van der Waals surface area contributed by atoms with E-state index in [0.717, 1.165) is 10.5 Å². The average Bonchev–Trinajstić information content (AvgIpc) is 3.00. The van der Waals surface area contributed by atoms with Gasteiger partial charge in [0.25, 0.3) is 17.7 Å². The molecule has 156 valence electrons. The van der Waals surface area contributed by atoms with Gasteiger partial charge in [-0.25, -0.2) is 13.2 Å². The lowest BCUT2D eigenvalue weighted by Crippen LogP contribution is -2.31. The zero-order valence-electron chi connectivity index (χ0n) is 16.0. The van der Waals surface area contributed by atoms with Crippen LogP contribution < -0.4 is 5.32 Å². The largest absolute Gasteiger partial charge is 0.319 e. The van der Waals surface area contributed by atoms with Crippen molar-refractivity contribution in [3.63, 3.8) is 0 Å². The van der Waals surface area contributed by atoms with Crippen LogP contribution in [0.3, 0.4) is 0 Å². The molecule has 3 amide bonds. The van der Waals surface area contributed by atoms with Gasteiger partial charge in [-0.15, -0.1) is 0 Å². The quantitative estimate of drug-likeness (QED) is 0.493. The van der Waals surface area contributed by atoms with Crippen molar-refractivity contribution in [3.05, 3.63) is 100 Å². The zero-order chi connectivity index (χ0) is 22.1. The Balaban J connectivity index is 1.53. The topological polar surface area (TPSA) is 66.5 Å². The lowest BCUT2D eigenvalue weighted by molar-refractivity contribution is 0.0656. The number of amides is 3. The van der Waals surface area contributed by atoms with Crippen molar-refractivity contribution in [3.8, 4) is 0 Å². The van der Waals surface area contributed by atoms with Gasteiger partial charge in [0.05, 0.1) is 16.8 Å². The highest BCUT2D eigenvalue weighted by Gasteiger charge is 2.35. The lowest BCUT2D eigenvalue weighted by atomic mass is 10.1. The predicted octanol–water partition coefficient (Wildman–Crippen LogP) is 4.19. The third kappa shape index (κ3) is 3.92. The first kappa shape index (κ1) is 20.3. The fourth-order valence-electron chi connectivity index (χ4n) is 3.33. The van der Waals surface area contributed by atoms with Crippen LogP contribution in [0, 0.1) is 17.5 Å². The van der Waals surface area contributed by atoms with Gasteiger partial charge in [0.2, 0.25) is 0 Å². The minimum absolute atomic E-state index is 0.0334. The van der Waals surface area contributed by atoms with E-state index in [-0.39, 0.29) is 23.2 Å². The third-order valence-electron chi connectivity index (χ3n) is 4.96. The van der Waals surface area contributed by atoms with Gasteiger partial charge in [0, 0.05) is 24.2 Å². The monoisotopic (exact) mass is 424 g/mol. The van der Waals surface area contributed by atoms with E-state index in [9.17, 15) is 27.6 Å². The first-order chi connectivity index (χ1) is 14.8. The molecule has 0 bridgehead atoms. The number of imide groups is 1. The summed E-state index contributed by atoms with van der Waals surface area (Å²) in [4.78, 5) is 38.9. The number of fused-ring (bicyclic) bond motifs is 1. The maximum atomic E-state index is 13.8. The highest BCUT2D eigenvalue weighted by atomic mass is 19.2. The van der Waals surface area contributed by atoms with Crippen molar-refractivity contribution in [1.29, 1.82) is 0 Å². The maximum absolute atomic E-state index is 13.8. The van der Waals surface area contributed by atoms with Gasteiger partial charge < -0.3 is 5.32 Å². The number of hydrogen-bond acceptors (Lipinski definition) is 3. The molecule has 0 saturated heterocycles. The van der Waals surface area contributed by atoms with Crippen LogP contribution in [-0.4, -0.2) is 29.2 Å². The summed E-state index contributed by atoms with van der Waals surface area (Å²) in [5.41, 5.74) is 0.600. The van der Waals surface area contributed by atoms with Crippen molar-refractivity contribution in [2.45, 2.75) is 6.42 Å². The second-order valence-corrected chi connectivity index (χ2v) is 6.96. The molecule has 1 aliphatic rings. The second kappa shape index (κ2) is 8.06. The fourth-order valence-corrected chi connectivity index (χ4v) is 3.33. The summed E-state index contributed by atoms with van der Waals surface area (Å²) < 4.78 is 40.2. The predicted molar refractivity (Wildman–Crippen MR) is 106 cm³/mol. The van der Waals surface area contributed by atoms with E-state index in [0.29, 0.717) is 18.6 Å². The van der Waals surface area contributed by atoms with Crippen LogP contribution in [0.2, 0.25) is 0 Å². The van der Waals surface area contributed by atoms with Crippen molar-refractivity contribution < 1.29 is 27.6 Å². The van der Waals surface area contributed by atoms with Gasteiger partial charge in [0.1, 0.15) is 5.82 Å². The molecule has 0 aromatic heterocycles. The van der Waals surface area contributed by atoms with Crippen LogP contribution in [0.1, 0.15) is 36.6 Å². The fraction of sp³-hybridized carbons (Fsp3) is 0.0870. The van der Waals surface area contributed by atoms with E-state index in [2.05, 4.69) is 5.32 Å². The summed E-state index contributed by atoms with van der Waals surface area (Å²) in [6, 6.07) is 14.1. The number of nitrogens with zero attached hydrogens (tertiary/aromatic N) is 1. The molecule has 3 aromatic rings. The SMILES string of the molecule is O=C(Nc1cc(F)c(F)cc1F)c1ccc2c(c1)C(=O)N(CCc1ccccc1)C2=O. The highest BCUT2D eigenvalue weighted by Crippen LogP contribution is 2.25. The summed E-state index contributed by atoms with van der Waals surface area (Å²) in [5, 5.41) is 2.14. The maximum Gasteiger partial charge on any atom is 0.261 e. The smallest absolute Gasteiger partial charge is 0.261 e. The van der Waals surface area contributed by atoms with E-state index in [1.165, 1.54) is 18.2 Å². The molecule has 1 heterocycles. The Labute approximate surface area is 175 Å². The molecule has 0 spiro atoms. The molecule has 0 radical (unpaired) electrons. The van der Waals surface area contributed by atoms with Crippen LogP contribution in [0.4, 0.5) is 18.9 Å². The van der Waals surface area contributed by atoms with Crippen LogP contribution in [0.5, 0.6) is 0 Å². The first-order valence-electron chi connectivity index (χ1n) is 9.35. The molecule has 0 aliphatic carbocycles. The Hall–Kier alpha value is -3.94. The molecule has 0 atom stereocenters. The molecule has 1 aliphatic heterocycles. The van der Waals surface area contributed by atoms with Crippen LogP contribution >= 0.6 is 0 Å². The molecular weight excluding hydrogens is 409 g/mol. The van der Waals surface area contributed by atoms with Gasteiger partial charge in [-0.3, -0.25) is 19.3 Å². The van der Waals surface area contributed by atoms with E-state index < -0.39 is 40.9 Å². The summed E-state index contributed by atoms with van der Waals surface area (Å²) in [6.07, 6.45) is 0.481. The van der Waals surface area contributed by atoms with Crippen molar-refractivity contribution in [1.82, 2.24) is 4.90 Å². The molecule has 0 fully saturated rings.